The Balaban J connectivity index is 2.34. The second-order valence-corrected chi connectivity index (χ2v) is 6.82. The van der Waals surface area contributed by atoms with Gasteiger partial charge in [0.1, 0.15) is 0 Å². The van der Waals surface area contributed by atoms with Gasteiger partial charge < -0.3 is 9.84 Å². The summed E-state index contributed by atoms with van der Waals surface area (Å²) in [5.41, 5.74) is 1.01. The molecule has 0 unspecified atom stereocenters. The van der Waals surface area contributed by atoms with E-state index in [1.165, 1.54) is 4.31 Å². The molecule has 1 fully saturated rings. The van der Waals surface area contributed by atoms with Crippen LogP contribution in [0.1, 0.15) is 12.5 Å². The molecule has 0 spiro atoms. The van der Waals surface area contributed by atoms with Crippen LogP contribution >= 0.6 is 0 Å². The molecule has 2 atom stereocenters. The Hall–Kier alpha value is -0.950. The maximum atomic E-state index is 12.6. The molecule has 1 heterocycles. The quantitative estimate of drug-likeness (QED) is 0.871. The Bertz CT molecular complexity index is 526. The number of hydrogen-bond donors (Lipinski definition) is 1. The number of aliphatic hydroxyl groups is 1. The summed E-state index contributed by atoms with van der Waals surface area (Å²) < 4.78 is 31.7. The molecule has 1 saturated heterocycles. The number of aliphatic hydroxyl groups excluding tert-OH is 1. The molecular weight excluding hydrogens is 266 g/mol. The van der Waals surface area contributed by atoms with E-state index in [0.29, 0.717) is 6.61 Å². The molecule has 1 aliphatic heterocycles. The zero-order chi connectivity index (χ0) is 14.0. The first kappa shape index (κ1) is 14.5. The third-order valence-electron chi connectivity index (χ3n) is 3.18. The van der Waals surface area contributed by atoms with Crippen molar-refractivity contribution in [2.24, 2.45) is 0 Å². The molecule has 1 aromatic rings. The number of rotatable bonds is 2. The first-order valence-corrected chi connectivity index (χ1v) is 7.69. The first-order valence-electron chi connectivity index (χ1n) is 6.25. The average molecular weight is 285 g/mol. The molecule has 1 aliphatic rings. The first-order chi connectivity index (χ1) is 8.91. The summed E-state index contributed by atoms with van der Waals surface area (Å²) in [5, 5.41) is 9.70. The van der Waals surface area contributed by atoms with Gasteiger partial charge in [0.15, 0.2) is 0 Å². The molecule has 5 nitrogen and oxygen atoms in total. The fourth-order valence-corrected chi connectivity index (χ4v) is 3.73. The summed E-state index contributed by atoms with van der Waals surface area (Å²) in [6, 6.07) is 6.43. The summed E-state index contributed by atoms with van der Waals surface area (Å²) in [5.74, 6) is 0. The topological polar surface area (TPSA) is 66.8 Å². The summed E-state index contributed by atoms with van der Waals surface area (Å²) in [4.78, 5) is 0.249. The number of nitrogens with zero attached hydrogens (tertiary/aromatic N) is 1. The zero-order valence-corrected chi connectivity index (χ0v) is 11.9. The monoisotopic (exact) mass is 285 g/mol. The fourth-order valence-electron chi connectivity index (χ4n) is 2.08. The van der Waals surface area contributed by atoms with E-state index in [-0.39, 0.29) is 24.1 Å². The Morgan fingerprint density at radius 1 is 1.26 bits per heavy atom. The van der Waals surface area contributed by atoms with Gasteiger partial charge in [0.25, 0.3) is 0 Å². The van der Waals surface area contributed by atoms with Crippen molar-refractivity contribution in [2.75, 3.05) is 19.8 Å². The minimum absolute atomic E-state index is 0.0668. The molecule has 0 amide bonds. The second kappa shape index (κ2) is 5.58. The normalized spacial score (nSPS) is 26.1. The van der Waals surface area contributed by atoms with E-state index in [4.69, 9.17) is 4.74 Å². The summed E-state index contributed by atoms with van der Waals surface area (Å²) in [7, 11) is -3.59. The van der Waals surface area contributed by atoms with Crippen molar-refractivity contribution in [1.82, 2.24) is 4.31 Å². The standard InChI is InChI=1S/C13H19NO4S/c1-10-3-5-13(6-4-10)19(16,17)14-7-12(15)9-18-8-11(14)2/h3-6,11-12,15H,7-9H2,1-2H3/t11-,12-/m0/s1. The van der Waals surface area contributed by atoms with E-state index in [0.717, 1.165) is 5.56 Å². The van der Waals surface area contributed by atoms with Gasteiger partial charge >= 0.3 is 0 Å². The van der Waals surface area contributed by atoms with Gasteiger partial charge in [-0.1, -0.05) is 17.7 Å². The van der Waals surface area contributed by atoms with Crippen molar-refractivity contribution >= 4 is 10.0 Å². The lowest BCUT2D eigenvalue weighted by Crippen LogP contribution is -2.42. The molecule has 0 aliphatic carbocycles. The highest BCUT2D eigenvalue weighted by Crippen LogP contribution is 2.21. The molecule has 19 heavy (non-hydrogen) atoms. The Morgan fingerprint density at radius 2 is 1.89 bits per heavy atom. The van der Waals surface area contributed by atoms with Gasteiger partial charge in [0, 0.05) is 12.6 Å². The predicted octanol–water partition coefficient (Wildman–Crippen LogP) is 0.765. The van der Waals surface area contributed by atoms with Crippen LogP contribution in [0.2, 0.25) is 0 Å². The van der Waals surface area contributed by atoms with Crippen LogP contribution in [0.15, 0.2) is 29.2 Å². The molecule has 1 N–H and O–H groups in total. The second-order valence-electron chi connectivity index (χ2n) is 4.93. The highest BCUT2D eigenvalue weighted by atomic mass is 32.2. The third-order valence-corrected chi connectivity index (χ3v) is 5.17. The van der Waals surface area contributed by atoms with Gasteiger partial charge in [-0.05, 0) is 26.0 Å². The molecule has 2 rings (SSSR count). The van der Waals surface area contributed by atoms with E-state index in [9.17, 15) is 13.5 Å². The Kier molecular flexibility index (Phi) is 4.25. The van der Waals surface area contributed by atoms with Gasteiger partial charge in [-0.25, -0.2) is 8.42 Å². The summed E-state index contributed by atoms with van der Waals surface area (Å²) in [6.45, 7) is 4.22. The van der Waals surface area contributed by atoms with Crippen molar-refractivity contribution < 1.29 is 18.3 Å². The van der Waals surface area contributed by atoms with Gasteiger partial charge in [-0.2, -0.15) is 4.31 Å². The SMILES string of the molecule is Cc1ccc(S(=O)(=O)N2C[C@H](O)COC[C@@H]2C)cc1. The van der Waals surface area contributed by atoms with Crippen LogP contribution in [-0.4, -0.2) is 49.7 Å². The van der Waals surface area contributed by atoms with Crippen LogP contribution in [0, 0.1) is 6.92 Å². The smallest absolute Gasteiger partial charge is 0.243 e. The molecule has 0 radical (unpaired) electrons. The Morgan fingerprint density at radius 3 is 2.53 bits per heavy atom. The van der Waals surface area contributed by atoms with Crippen molar-refractivity contribution in [3.63, 3.8) is 0 Å². The molecule has 1 aromatic carbocycles. The maximum absolute atomic E-state index is 12.6. The van der Waals surface area contributed by atoms with E-state index in [1.807, 2.05) is 6.92 Å². The number of hydrogen-bond acceptors (Lipinski definition) is 4. The highest BCUT2D eigenvalue weighted by molar-refractivity contribution is 7.89. The fraction of sp³-hybridized carbons (Fsp3) is 0.538. The number of aryl methyl sites for hydroxylation is 1. The minimum Gasteiger partial charge on any atom is -0.389 e. The predicted molar refractivity (Wildman–Crippen MR) is 71.4 cm³/mol. The van der Waals surface area contributed by atoms with Crippen molar-refractivity contribution in [3.05, 3.63) is 29.8 Å². The molecule has 106 valence electrons. The van der Waals surface area contributed by atoms with Crippen LogP contribution < -0.4 is 0 Å². The molecule has 0 aromatic heterocycles. The summed E-state index contributed by atoms with van der Waals surface area (Å²) >= 11 is 0. The van der Waals surface area contributed by atoms with E-state index in [2.05, 4.69) is 0 Å². The van der Waals surface area contributed by atoms with Crippen LogP contribution in [0.5, 0.6) is 0 Å². The van der Waals surface area contributed by atoms with Gasteiger partial charge in [-0.3, -0.25) is 0 Å². The van der Waals surface area contributed by atoms with Crippen LogP contribution in [0.4, 0.5) is 0 Å². The lowest BCUT2D eigenvalue weighted by atomic mass is 10.2. The average Bonchev–Trinajstić information content (AvgIpc) is 2.52. The zero-order valence-electron chi connectivity index (χ0n) is 11.1. The minimum atomic E-state index is -3.59. The maximum Gasteiger partial charge on any atom is 0.243 e. The summed E-state index contributed by atoms with van der Waals surface area (Å²) in [6.07, 6.45) is -0.787. The highest BCUT2D eigenvalue weighted by Gasteiger charge is 2.33. The van der Waals surface area contributed by atoms with E-state index < -0.39 is 16.1 Å². The number of benzene rings is 1. The van der Waals surface area contributed by atoms with E-state index in [1.54, 1.807) is 31.2 Å². The number of ether oxygens (including phenoxy) is 1. The largest absolute Gasteiger partial charge is 0.389 e. The lowest BCUT2D eigenvalue weighted by molar-refractivity contribution is 0.0551. The molecule has 6 heteroatoms. The number of sulfonamides is 1. The molecular formula is C13H19NO4S. The van der Waals surface area contributed by atoms with Gasteiger partial charge in [0.2, 0.25) is 10.0 Å². The van der Waals surface area contributed by atoms with Crippen LogP contribution in [0.25, 0.3) is 0 Å². The van der Waals surface area contributed by atoms with Crippen LogP contribution in [-0.2, 0) is 14.8 Å². The van der Waals surface area contributed by atoms with Crippen molar-refractivity contribution in [3.8, 4) is 0 Å². The van der Waals surface area contributed by atoms with Gasteiger partial charge in [-0.15, -0.1) is 0 Å². The number of β-amino-alcohol motifs (C(OH)–C–C–N with tert-alkyl or cyclic N) is 1. The Labute approximate surface area is 113 Å². The van der Waals surface area contributed by atoms with Crippen molar-refractivity contribution in [2.45, 2.75) is 30.9 Å². The van der Waals surface area contributed by atoms with Gasteiger partial charge in [0.05, 0.1) is 24.2 Å². The lowest BCUT2D eigenvalue weighted by Gasteiger charge is -2.26. The molecule has 0 bridgehead atoms. The van der Waals surface area contributed by atoms with E-state index >= 15 is 0 Å². The third kappa shape index (κ3) is 3.14. The van der Waals surface area contributed by atoms with Crippen LogP contribution in [0.3, 0.4) is 0 Å². The van der Waals surface area contributed by atoms with Crippen molar-refractivity contribution in [1.29, 1.82) is 0 Å². The molecule has 0 saturated carbocycles.